The maximum Gasteiger partial charge on any atom is 0.336 e. The summed E-state index contributed by atoms with van der Waals surface area (Å²) in [5, 5.41) is 5.86. The number of thiol groups is 1. The van der Waals surface area contributed by atoms with E-state index in [1.807, 2.05) is 0 Å². The molecular weight excluding hydrogens is 436 g/mol. The first kappa shape index (κ1) is 21.0. The molecule has 148 valence electrons. The first-order valence-corrected chi connectivity index (χ1v) is 9.41. The van der Waals surface area contributed by atoms with Gasteiger partial charge in [-0.1, -0.05) is 54.2 Å². The van der Waals surface area contributed by atoms with Crippen molar-refractivity contribution >= 4 is 65.0 Å². The lowest BCUT2D eigenvalue weighted by Crippen LogP contribution is -2.27. The quantitative estimate of drug-likeness (QED) is 0.411. The molecule has 0 aromatic heterocycles. The first-order valence-electron chi connectivity index (χ1n) is 8.25. The van der Waals surface area contributed by atoms with E-state index in [9.17, 15) is 14.0 Å². The number of rotatable bonds is 4. The van der Waals surface area contributed by atoms with Crippen molar-refractivity contribution in [2.24, 2.45) is 0 Å². The van der Waals surface area contributed by atoms with Gasteiger partial charge >= 0.3 is 6.03 Å². The van der Waals surface area contributed by atoms with E-state index in [0.29, 0.717) is 21.4 Å². The van der Waals surface area contributed by atoms with Crippen LogP contribution in [0.2, 0.25) is 10.0 Å². The summed E-state index contributed by atoms with van der Waals surface area (Å²) in [6.07, 6.45) is 0. The Hall–Kier alpha value is -2.74. The lowest BCUT2D eigenvalue weighted by atomic mass is 10.1. The second-order valence-corrected chi connectivity index (χ2v) is 7.16. The van der Waals surface area contributed by atoms with Gasteiger partial charge in [-0.25, -0.2) is 13.5 Å². The molecular formula is C20H14Cl2FN3O2S. The van der Waals surface area contributed by atoms with E-state index in [2.05, 4.69) is 23.4 Å². The number of halogens is 3. The third kappa shape index (κ3) is 5.41. The van der Waals surface area contributed by atoms with Crippen LogP contribution in [-0.2, 0) is 0 Å². The Morgan fingerprint density at radius 2 is 1.52 bits per heavy atom. The van der Waals surface area contributed by atoms with Crippen molar-refractivity contribution in [1.82, 2.24) is 0 Å². The van der Waals surface area contributed by atoms with Crippen LogP contribution in [0.25, 0.3) is 0 Å². The van der Waals surface area contributed by atoms with Crippen molar-refractivity contribution in [1.29, 1.82) is 0 Å². The predicted molar refractivity (Wildman–Crippen MR) is 118 cm³/mol. The number of nitrogens with zero attached hydrogens (tertiary/aromatic N) is 1. The second-order valence-electron chi connectivity index (χ2n) is 5.88. The molecule has 0 heterocycles. The molecule has 29 heavy (non-hydrogen) atoms. The Bertz CT molecular complexity index is 1050. The van der Waals surface area contributed by atoms with Gasteiger partial charge in [-0.3, -0.25) is 4.79 Å². The van der Waals surface area contributed by atoms with Crippen LogP contribution in [0.5, 0.6) is 0 Å². The van der Waals surface area contributed by atoms with E-state index in [1.165, 1.54) is 30.3 Å². The number of amides is 3. The Balaban J connectivity index is 1.78. The van der Waals surface area contributed by atoms with Crippen LogP contribution in [0.15, 0.2) is 66.7 Å². The number of carbonyl (C=O) groups is 2. The topological polar surface area (TPSA) is 61.4 Å². The van der Waals surface area contributed by atoms with Gasteiger partial charge in [0, 0.05) is 21.4 Å². The fraction of sp³-hybridized carbons (Fsp3) is 0. The third-order valence-corrected chi connectivity index (χ3v) is 4.63. The molecule has 0 fully saturated rings. The zero-order chi connectivity index (χ0) is 21.0. The summed E-state index contributed by atoms with van der Waals surface area (Å²) in [4.78, 5) is 24.9. The molecule has 5 nitrogen and oxygen atoms in total. The maximum atomic E-state index is 14.2. The summed E-state index contributed by atoms with van der Waals surface area (Å²) >= 11 is 16.0. The molecule has 0 aliphatic carbocycles. The lowest BCUT2D eigenvalue weighted by Gasteiger charge is -2.18. The Kier molecular flexibility index (Phi) is 6.64. The molecule has 2 N–H and O–H groups in total. The van der Waals surface area contributed by atoms with E-state index in [0.717, 1.165) is 10.4 Å². The Morgan fingerprint density at radius 1 is 0.862 bits per heavy atom. The Morgan fingerprint density at radius 3 is 2.17 bits per heavy atom. The summed E-state index contributed by atoms with van der Waals surface area (Å²) in [5.74, 6) is -1.38. The predicted octanol–water partition coefficient (Wildman–Crippen LogP) is 6.27. The molecule has 0 aliphatic heterocycles. The molecule has 0 unspecified atom stereocenters. The van der Waals surface area contributed by atoms with Crippen molar-refractivity contribution in [3.63, 3.8) is 0 Å². The highest BCUT2D eigenvalue weighted by molar-refractivity contribution is 7.82. The minimum absolute atomic E-state index is 0.193. The van der Waals surface area contributed by atoms with Gasteiger partial charge in [0.15, 0.2) is 0 Å². The standard InChI is InChI=1S/C20H14Cl2FN3O2S/c21-12-8-13(22)10-15(9-12)25-20(28)26(29)16-6-7-18(23)17(11-16)19(27)24-14-4-2-1-3-5-14/h1-11,29H,(H,24,27)(H,25,28). The number of benzene rings is 3. The van der Waals surface area contributed by atoms with Gasteiger partial charge in [-0.05, 0) is 48.5 Å². The number of anilines is 3. The first-order chi connectivity index (χ1) is 13.8. The molecule has 0 spiro atoms. The molecule has 3 amide bonds. The van der Waals surface area contributed by atoms with Crippen LogP contribution in [0.1, 0.15) is 10.4 Å². The molecule has 3 aromatic carbocycles. The number of nitrogens with one attached hydrogen (secondary N) is 2. The van der Waals surface area contributed by atoms with Crippen LogP contribution in [-0.4, -0.2) is 11.9 Å². The van der Waals surface area contributed by atoms with Crippen molar-refractivity contribution in [2.45, 2.75) is 0 Å². The van der Waals surface area contributed by atoms with E-state index >= 15 is 0 Å². The summed E-state index contributed by atoms with van der Waals surface area (Å²) < 4.78 is 15.1. The van der Waals surface area contributed by atoms with Crippen molar-refractivity contribution in [2.75, 3.05) is 14.9 Å². The average Bonchev–Trinajstić information content (AvgIpc) is 2.67. The maximum absolute atomic E-state index is 14.2. The van der Waals surface area contributed by atoms with Crippen LogP contribution in [0.4, 0.5) is 26.2 Å². The highest BCUT2D eigenvalue weighted by Gasteiger charge is 2.18. The van der Waals surface area contributed by atoms with Gasteiger partial charge in [-0.15, -0.1) is 0 Å². The molecule has 9 heteroatoms. The highest BCUT2D eigenvalue weighted by atomic mass is 35.5. The summed E-state index contributed by atoms with van der Waals surface area (Å²) in [7, 11) is 0. The monoisotopic (exact) mass is 449 g/mol. The molecule has 0 saturated carbocycles. The van der Waals surface area contributed by atoms with Crippen LogP contribution in [0, 0.1) is 5.82 Å². The van der Waals surface area contributed by atoms with E-state index in [1.54, 1.807) is 30.3 Å². The number of hydrogen-bond acceptors (Lipinski definition) is 3. The van der Waals surface area contributed by atoms with Gasteiger partial charge in [0.2, 0.25) is 0 Å². The molecule has 0 atom stereocenters. The number of hydrogen-bond donors (Lipinski definition) is 3. The minimum Gasteiger partial charge on any atom is -0.322 e. The van der Waals surface area contributed by atoms with Crippen LogP contribution >= 0.6 is 36.0 Å². The van der Waals surface area contributed by atoms with Gasteiger partial charge in [0.05, 0.1) is 11.3 Å². The van der Waals surface area contributed by atoms with Crippen LogP contribution < -0.4 is 14.9 Å². The lowest BCUT2D eigenvalue weighted by molar-refractivity contribution is 0.102. The van der Waals surface area contributed by atoms with Crippen molar-refractivity contribution in [3.8, 4) is 0 Å². The van der Waals surface area contributed by atoms with Gasteiger partial charge in [-0.2, -0.15) is 0 Å². The molecule has 0 aliphatic rings. The van der Waals surface area contributed by atoms with Crippen molar-refractivity contribution < 1.29 is 14.0 Å². The number of para-hydroxylation sites is 1. The Labute approximate surface area is 182 Å². The second kappa shape index (κ2) is 9.17. The van der Waals surface area contributed by atoms with E-state index < -0.39 is 17.8 Å². The average molecular weight is 450 g/mol. The molecule has 0 radical (unpaired) electrons. The molecule has 3 rings (SSSR count). The zero-order valence-electron chi connectivity index (χ0n) is 14.7. The number of carbonyl (C=O) groups excluding carboxylic acids is 2. The SMILES string of the molecule is O=C(Nc1ccccc1)c1cc(N(S)C(=O)Nc2cc(Cl)cc(Cl)c2)ccc1F. The third-order valence-electron chi connectivity index (χ3n) is 3.78. The normalized spacial score (nSPS) is 10.3. The zero-order valence-corrected chi connectivity index (χ0v) is 17.1. The fourth-order valence-corrected chi connectivity index (χ4v) is 3.16. The smallest absolute Gasteiger partial charge is 0.322 e. The molecule has 3 aromatic rings. The summed E-state index contributed by atoms with van der Waals surface area (Å²) in [5.41, 5.74) is 0.832. The van der Waals surface area contributed by atoms with Gasteiger partial charge in [0.1, 0.15) is 5.82 Å². The largest absolute Gasteiger partial charge is 0.336 e. The van der Waals surface area contributed by atoms with Gasteiger partial charge < -0.3 is 10.6 Å². The number of urea groups is 1. The van der Waals surface area contributed by atoms with E-state index in [-0.39, 0.29) is 11.3 Å². The summed E-state index contributed by atoms with van der Waals surface area (Å²) in [6.45, 7) is 0. The fourth-order valence-electron chi connectivity index (χ4n) is 2.46. The highest BCUT2D eigenvalue weighted by Crippen LogP contribution is 2.25. The molecule has 0 saturated heterocycles. The van der Waals surface area contributed by atoms with Gasteiger partial charge in [0.25, 0.3) is 5.91 Å². The summed E-state index contributed by atoms with van der Waals surface area (Å²) in [6, 6.07) is 16.2. The van der Waals surface area contributed by atoms with Crippen molar-refractivity contribution in [3.05, 3.63) is 88.2 Å². The minimum atomic E-state index is -0.731. The molecule has 0 bridgehead atoms. The van der Waals surface area contributed by atoms with E-state index in [4.69, 9.17) is 23.2 Å². The van der Waals surface area contributed by atoms with Crippen LogP contribution in [0.3, 0.4) is 0 Å².